The Balaban J connectivity index is 1.61. The number of hydrogen-bond donors (Lipinski definition) is 2. The van der Waals surface area contributed by atoms with Crippen LogP contribution >= 0.6 is 0 Å². The standard InChI is InChI=1S/C13H12F2N6O3/c1-21-10(24-13(14)15)5-7(20-21)12(22)16-6-9-17-11(19-18-9)8-3-2-4-23-8/h2-5,13H,6H2,1H3,(H,16,22)(H,17,18,19). The van der Waals surface area contributed by atoms with Crippen molar-refractivity contribution >= 4 is 5.91 Å². The zero-order valence-electron chi connectivity index (χ0n) is 12.4. The van der Waals surface area contributed by atoms with Crippen LogP contribution in [0.3, 0.4) is 0 Å². The fourth-order valence-electron chi connectivity index (χ4n) is 1.91. The number of nitrogens with one attached hydrogen (secondary N) is 2. The van der Waals surface area contributed by atoms with Gasteiger partial charge in [-0.1, -0.05) is 0 Å². The summed E-state index contributed by atoms with van der Waals surface area (Å²) in [5, 5.41) is 13.0. The molecule has 9 nitrogen and oxygen atoms in total. The number of ether oxygens (including phenoxy) is 1. The quantitative estimate of drug-likeness (QED) is 0.701. The van der Waals surface area contributed by atoms with Gasteiger partial charge in [-0.15, -0.1) is 5.10 Å². The summed E-state index contributed by atoms with van der Waals surface area (Å²) in [5.41, 5.74) is -0.0566. The van der Waals surface area contributed by atoms with Crippen LogP contribution in [0.2, 0.25) is 0 Å². The lowest BCUT2D eigenvalue weighted by Gasteiger charge is -2.01. The van der Waals surface area contributed by atoms with E-state index in [1.807, 2.05) is 0 Å². The number of aryl methyl sites for hydroxylation is 1. The molecule has 0 aliphatic heterocycles. The summed E-state index contributed by atoms with van der Waals surface area (Å²) >= 11 is 0. The van der Waals surface area contributed by atoms with E-state index in [-0.39, 0.29) is 18.1 Å². The Bertz CT molecular complexity index is 827. The maximum atomic E-state index is 12.2. The number of carbonyl (C=O) groups excluding carboxylic acids is 1. The number of halogens is 2. The molecule has 0 spiro atoms. The molecule has 0 saturated heterocycles. The molecule has 11 heteroatoms. The molecule has 3 aromatic rings. The van der Waals surface area contributed by atoms with Gasteiger partial charge in [-0.3, -0.25) is 9.89 Å². The topological polar surface area (TPSA) is 111 Å². The van der Waals surface area contributed by atoms with Gasteiger partial charge in [-0.2, -0.15) is 13.9 Å². The average molecular weight is 338 g/mol. The van der Waals surface area contributed by atoms with E-state index in [2.05, 4.69) is 30.3 Å². The van der Waals surface area contributed by atoms with E-state index in [1.54, 1.807) is 12.1 Å². The first-order chi connectivity index (χ1) is 11.5. The molecule has 3 heterocycles. The van der Waals surface area contributed by atoms with Gasteiger partial charge in [0.2, 0.25) is 11.7 Å². The highest BCUT2D eigenvalue weighted by atomic mass is 19.3. The molecule has 0 unspecified atom stereocenters. The lowest BCUT2D eigenvalue weighted by molar-refractivity contribution is -0.0553. The number of aromatic amines is 1. The predicted octanol–water partition coefficient (Wildman–Crippen LogP) is 1.33. The highest BCUT2D eigenvalue weighted by Gasteiger charge is 2.17. The molecule has 0 aromatic carbocycles. The summed E-state index contributed by atoms with van der Waals surface area (Å²) in [6.45, 7) is -2.95. The first-order valence-corrected chi connectivity index (χ1v) is 6.75. The minimum Gasteiger partial charge on any atom is -0.461 e. The largest absolute Gasteiger partial charge is 0.461 e. The van der Waals surface area contributed by atoms with Crippen molar-refractivity contribution in [3.8, 4) is 17.5 Å². The van der Waals surface area contributed by atoms with Crippen molar-refractivity contribution in [2.45, 2.75) is 13.2 Å². The van der Waals surface area contributed by atoms with Crippen LogP contribution in [0.25, 0.3) is 11.6 Å². The Morgan fingerprint density at radius 3 is 3.08 bits per heavy atom. The number of rotatable bonds is 6. The molecule has 3 aromatic heterocycles. The minimum absolute atomic E-state index is 0.0498. The highest BCUT2D eigenvalue weighted by molar-refractivity contribution is 5.92. The van der Waals surface area contributed by atoms with E-state index in [1.165, 1.54) is 13.3 Å². The molecule has 0 bridgehead atoms. The molecule has 0 atom stereocenters. The summed E-state index contributed by atoms with van der Waals surface area (Å²) < 4.78 is 34.8. The van der Waals surface area contributed by atoms with Crippen LogP contribution in [0.1, 0.15) is 16.3 Å². The van der Waals surface area contributed by atoms with Crippen molar-refractivity contribution in [1.29, 1.82) is 0 Å². The van der Waals surface area contributed by atoms with E-state index in [4.69, 9.17) is 4.42 Å². The predicted molar refractivity (Wildman–Crippen MR) is 75.1 cm³/mol. The summed E-state index contributed by atoms with van der Waals surface area (Å²) in [5.74, 6) is 0.465. The molecule has 0 fully saturated rings. The molecule has 0 aliphatic carbocycles. The molecule has 3 rings (SSSR count). The Morgan fingerprint density at radius 2 is 2.38 bits per heavy atom. The number of carbonyl (C=O) groups is 1. The number of furan rings is 1. The highest BCUT2D eigenvalue weighted by Crippen LogP contribution is 2.16. The van der Waals surface area contributed by atoms with Gasteiger partial charge in [0.05, 0.1) is 12.8 Å². The molecule has 1 amide bonds. The van der Waals surface area contributed by atoms with Gasteiger partial charge in [-0.25, -0.2) is 9.67 Å². The lowest BCUT2D eigenvalue weighted by Crippen LogP contribution is -2.24. The maximum absolute atomic E-state index is 12.2. The Hall–Kier alpha value is -3.24. The number of H-pyrrole nitrogens is 1. The van der Waals surface area contributed by atoms with E-state index >= 15 is 0 Å². The van der Waals surface area contributed by atoms with Crippen molar-refractivity contribution in [1.82, 2.24) is 30.3 Å². The third kappa shape index (κ3) is 3.39. The Morgan fingerprint density at radius 1 is 1.54 bits per heavy atom. The summed E-state index contributed by atoms with van der Waals surface area (Å²) in [4.78, 5) is 16.2. The average Bonchev–Trinajstić information content (AvgIpc) is 3.25. The minimum atomic E-state index is -2.99. The molecule has 0 saturated carbocycles. The molecular formula is C13H12F2N6O3. The van der Waals surface area contributed by atoms with Crippen LogP contribution in [0.5, 0.6) is 5.88 Å². The van der Waals surface area contributed by atoms with Gasteiger partial charge < -0.3 is 14.5 Å². The SMILES string of the molecule is Cn1nc(C(=O)NCc2nc(-c3ccco3)n[nH]2)cc1OC(F)F. The second-order valence-electron chi connectivity index (χ2n) is 4.64. The number of nitrogens with zero attached hydrogens (tertiary/aromatic N) is 4. The third-order valence-electron chi connectivity index (χ3n) is 2.97. The smallest absolute Gasteiger partial charge is 0.388 e. The lowest BCUT2D eigenvalue weighted by atomic mass is 10.4. The van der Waals surface area contributed by atoms with Gasteiger partial charge in [0.1, 0.15) is 5.82 Å². The first kappa shape index (κ1) is 15.6. The fourth-order valence-corrected chi connectivity index (χ4v) is 1.91. The zero-order chi connectivity index (χ0) is 17.1. The number of aromatic nitrogens is 5. The van der Waals surface area contributed by atoms with Crippen LogP contribution in [0, 0.1) is 0 Å². The van der Waals surface area contributed by atoms with E-state index in [0.717, 1.165) is 10.7 Å². The first-order valence-electron chi connectivity index (χ1n) is 6.75. The second kappa shape index (κ2) is 6.48. The van der Waals surface area contributed by atoms with Crippen molar-refractivity contribution < 1.29 is 22.7 Å². The molecule has 0 radical (unpaired) electrons. The Kier molecular flexibility index (Phi) is 4.22. The van der Waals surface area contributed by atoms with Crippen molar-refractivity contribution in [2.24, 2.45) is 7.05 Å². The fraction of sp³-hybridized carbons (Fsp3) is 0.231. The molecular weight excluding hydrogens is 326 g/mol. The van der Waals surface area contributed by atoms with Crippen LogP contribution in [0.4, 0.5) is 8.78 Å². The summed E-state index contributed by atoms with van der Waals surface area (Å²) in [6, 6.07) is 4.52. The Labute approximate surface area is 133 Å². The number of amides is 1. The van der Waals surface area contributed by atoms with Crippen molar-refractivity contribution in [2.75, 3.05) is 0 Å². The molecule has 24 heavy (non-hydrogen) atoms. The van der Waals surface area contributed by atoms with E-state index in [9.17, 15) is 13.6 Å². The van der Waals surface area contributed by atoms with Crippen LogP contribution in [-0.4, -0.2) is 37.5 Å². The third-order valence-corrected chi connectivity index (χ3v) is 2.97. The van der Waals surface area contributed by atoms with E-state index in [0.29, 0.717) is 17.4 Å². The van der Waals surface area contributed by atoms with Gasteiger partial charge in [0.15, 0.2) is 11.5 Å². The summed E-state index contributed by atoms with van der Waals surface area (Å²) in [6.07, 6.45) is 1.49. The maximum Gasteiger partial charge on any atom is 0.388 e. The van der Waals surface area contributed by atoms with Crippen LogP contribution < -0.4 is 10.1 Å². The monoisotopic (exact) mass is 338 g/mol. The number of alkyl halides is 2. The van der Waals surface area contributed by atoms with Gasteiger partial charge in [0, 0.05) is 13.1 Å². The van der Waals surface area contributed by atoms with Gasteiger partial charge >= 0.3 is 6.61 Å². The molecule has 0 aliphatic rings. The molecule has 126 valence electrons. The van der Waals surface area contributed by atoms with Crippen LogP contribution in [-0.2, 0) is 13.6 Å². The number of hydrogen-bond acceptors (Lipinski definition) is 6. The molecule has 2 N–H and O–H groups in total. The van der Waals surface area contributed by atoms with Crippen molar-refractivity contribution in [3.63, 3.8) is 0 Å². The normalized spacial score (nSPS) is 11.0. The second-order valence-corrected chi connectivity index (χ2v) is 4.64. The van der Waals surface area contributed by atoms with Crippen molar-refractivity contribution in [3.05, 3.63) is 36.0 Å². The van der Waals surface area contributed by atoms with E-state index < -0.39 is 12.5 Å². The zero-order valence-corrected chi connectivity index (χ0v) is 12.4. The summed E-state index contributed by atoms with van der Waals surface area (Å²) in [7, 11) is 1.39. The van der Waals surface area contributed by atoms with Gasteiger partial charge in [-0.05, 0) is 12.1 Å². The van der Waals surface area contributed by atoms with Crippen LogP contribution in [0.15, 0.2) is 28.9 Å². The van der Waals surface area contributed by atoms with Gasteiger partial charge in [0.25, 0.3) is 5.91 Å².